The van der Waals surface area contributed by atoms with Gasteiger partial charge in [-0.15, -0.1) is 0 Å². The Balaban J connectivity index is 1.54. The predicted octanol–water partition coefficient (Wildman–Crippen LogP) is 1.94. The van der Waals surface area contributed by atoms with Gasteiger partial charge in [-0.2, -0.15) is 4.98 Å². The Morgan fingerprint density at radius 3 is 2.55 bits per heavy atom. The van der Waals surface area contributed by atoms with E-state index in [-0.39, 0.29) is 5.95 Å². The van der Waals surface area contributed by atoms with E-state index in [0.29, 0.717) is 23.4 Å². The standard InChI is InChI=1S/C15H22ClN5O/c16-12-10-13(19-15(17)18-12)20-5-7-21(8-6-20)14(22)9-11-3-1-2-4-11/h10-11H,1-9H2,(H2,17,18,19). The first kappa shape index (κ1) is 15.3. The highest BCUT2D eigenvalue weighted by molar-refractivity contribution is 6.29. The first-order valence-electron chi connectivity index (χ1n) is 7.94. The molecule has 1 aliphatic heterocycles. The van der Waals surface area contributed by atoms with Gasteiger partial charge in [-0.3, -0.25) is 4.79 Å². The number of halogens is 1. The maximum Gasteiger partial charge on any atom is 0.223 e. The van der Waals surface area contributed by atoms with Crippen LogP contribution < -0.4 is 10.6 Å². The number of rotatable bonds is 3. The highest BCUT2D eigenvalue weighted by atomic mass is 35.5. The van der Waals surface area contributed by atoms with Crippen molar-refractivity contribution >= 4 is 29.3 Å². The summed E-state index contributed by atoms with van der Waals surface area (Å²) in [6.45, 7) is 2.96. The van der Waals surface area contributed by atoms with E-state index in [2.05, 4.69) is 14.9 Å². The number of hydrogen-bond acceptors (Lipinski definition) is 5. The molecular formula is C15H22ClN5O. The summed E-state index contributed by atoms with van der Waals surface area (Å²) in [4.78, 5) is 24.5. The number of amides is 1. The van der Waals surface area contributed by atoms with E-state index in [1.807, 2.05) is 4.90 Å². The molecule has 1 aliphatic carbocycles. The lowest BCUT2D eigenvalue weighted by atomic mass is 10.0. The summed E-state index contributed by atoms with van der Waals surface area (Å²) in [7, 11) is 0. The lowest BCUT2D eigenvalue weighted by Gasteiger charge is -2.35. The fourth-order valence-corrected chi connectivity index (χ4v) is 3.54. The van der Waals surface area contributed by atoms with Crippen molar-refractivity contribution in [3.8, 4) is 0 Å². The molecule has 22 heavy (non-hydrogen) atoms. The van der Waals surface area contributed by atoms with E-state index in [4.69, 9.17) is 17.3 Å². The molecule has 1 saturated heterocycles. The number of anilines is 2. The number of nitrogens with two attached hydrogens (primary N) is 1. The van der Waals surface area contributed by atoms with Gasteiger partial charge in [0, 0.05) is 38.7 Å². The van der Waals surface area contributed by atoms with Gasteiger partial charge in [0.15, 0.2) is 0 Å². The average molecular weight is 324 g/mol. The Kier molecular flexibility index (Phi) is 4.66. The molecule has 0 atom stereocenters. The number of carbonyl (C=O) groups is 1. The van der Waals surface area contributed by atoms with Crippen LogP contribution in [0.15, 0.2) is 6.07 Å². The van der Waals surface area contributed by atoms with Crippen LogP contribution in [-0.2, 0) is 4.79 Å². The Hall–Kier alpha value is -1.56. The van der Waals surface area contributed by atoms with Gasteiger partial charge in [0.25, 0.3) is 0 Å². The molecule has 0 unspecified atom stereocenters. The van der Waals surface area contributed by atoms with Crippen molar-refractivity contribution < 1.29 is 4.79 Å². The zero-order valence-electron chi connectivity index (χ0n) is 12.7. The molecule has 3 rings (SSSR count). The molecule has 0 radical (unpaired) electrons. The van der Waals surface area contributed by atoms with Gasteiger partial charge in [0.05, 0.1) is 0 Å². The van der Waals surface area contributed by atoms with Crippen LogP contribution in [0.1, 0.15) is 32.1 Å². The fourth-order valence-electron chi connectivity index (χ4n) is 3.36. The molecule has 0 aromatic carbocycles. The van der Waals surface area contributed by atoms with Gasteiger partial charge in [-0.25, -0.2) is 4.98 Å². The molecule has 1 amide bonds. The topological polar surface area (TPSA) is 75.3 Å². The van der Waals surface area contributed by atoms with Crippen LogP contribution in [-0.4, -0.2) is 47.0 Å². The van der Waals surface area contributed by atoms with Gasteiger partial charge < -0.3 is 15.5 Å². The minimum atomic E-state index is 0.183. The second kappa shape index (κ2) is 6.69. The quantitative estimate of drug-likeness (QED) is 0.860. The smallest absolute Gasteiger partial charge is 0.223 e. The van der Waals surface area contributed by atoms with Crippen molar-refractivity contribution in [3.63, 3.8) is 0 Å². The first-order valence-corrected chi connectivity index (χ1v) is 8.32. The van der Waals surface area contributed by atoms with Gasteiger partial charge in [0.2, 0.25) is 11.9 Å². The summed E-state index contributed by atoms with van der Waals surface area (Å²) in [5.74, 6) is 1.82. The normalized spacial score (nSPS) is 19.7. The molecule has 1 saturated carbocycles. The van der Waals surface area contributed by atoms with Gasteiger partial charge in [-0.05, 0) is 18.8 Å². The predicted molar refractivity (Wildman–Crippen MR) is 86.8 cm³/mol. The lowest BCUT2D eigenvalue weighted by Crippen LogP contribution is -2.49. The number of nitrogens with zero attached hydrogens (tertiary/aromatic N) is 4. The summed E-state index contributed by atoms with van der Waals surface area (Å²) in [5.41, 5.74) is 5.64. The molecule has 1 aromatic heterocycles. The molecule has 0 bridgehead atoms. The van der Waals surface area contributed by atoms with Crippen LogP contribution in [0.2, 0.25) is 5.15 Å². The fraction of sp³-hybridized carbons (Fsp3) is 0.667. The number of hydrogen-bond donors (Lipinski definition) is 1. The third-order valence-electron chi connectivity index (χ3n) is 4.59. The Bertz CT molecular complexity index is 518. The largest absolute Gasteiger partial charge is 0.368 e. The minimum absolute atomic E-state index is 0.183. The number of carbonyl (C=O) groups excluding carboxylic acids is 1. The summed E-state index contributed by atoms with van der Waals surface area (Å²) in [5, 5.41) is 0.349. The summed E-state index contributed by atoms with van der Waals surface area (Å²) < 4.78 is 0. The minimum Gasteiger partial charge on any atom is -0.368 e. The molecule has 6 nitrogen and oxygen atoms in total. The molecular weight excluding hydrogens is 302 g/mol. The molecule has 2 heterocycles. The van der Waals surface area contributed by atoms with Crippen LogP contribution in [0.4, 0.5) is 11.8 Å². The Morgan fingerprint density at radius 1 is 1.23 bits per heavy atom. The van der Waals surface area contributed by atoms with Crippen LogP contribution >= 0.6 is 11.6 Å². The molecule has 120 valence electrons. The van der Waals surface area contributed by atoms with Crippen molar-refractivity contribution in [1.82, 2.24) is 14.9 Å². The van der Waals surface area contributed by atoms with Crippen LogP contribution in [0, 0.1) is 5.92 Å². The second-order valence-electron chi connectivity index (χ2n) is 6.13. The van der Waals surface area contributed by atoms with Gasteiger partial charge in [0.1, 0.15) is 11.0 Å². The van der Waals surface area contributed by atoms with Crippen molar-refractivity contribution in [2.75, 3.05) is 36.8 Å². The van der Waals surface area contributed by atoms with E-state index in [9.17, 15) is 4.79 Å². The second-order valence-corrected chi connectivity index (χ2v) is 6.52. The zero-order chi connectivity index (χ0) is 15.5. The molecule has 0 spiro atoms. The highest BCUT2D eigenvalue weighted by Gasteiger charge is 2.25. The zero-order valence-corrected chi connectivity index (χ0v) is 13.4. The van der Waals surface area contributed by atoms with Crippen LogP contribution in [0.25, 0.3) is 0 Å². The molecule has 2 N–H and O–H groups in total. The van der Waals surface area contributed by atoms with Crippen molar-refractivity contribution in [1.29, 1.82) is 0 Å². The Morgan fingerprint density at radius 2 is 1.91 bits per heavy atom. The SMILES string of the molecule is Nc1nc(Cl)cc(N2CCN(C(=O)CC3CCCC3)CC2)n1. The number of piperazine rings is 1. The Labute approximate surface area is 135 Å². The molecule has 2 aliphatic rings. The van der Waals surface area contributed by atoms with Crippen molar-refractivity contribution in [3.05, 3.63) is 11.2 Å². The van der Waals surface area contributed by atoms with Gasteiger partial charge in [-0.1, -0.05) is 24.4 Å². The monoisotopic (exact) mass is 323 g/mol. The molecule has 2 fully saturated rings. The van der Waals surface area contributed by atoms with Gasteiger partial charge >= 0.3 is 0 Å². The summed E-state index contributed by atoms with van der Waals surface area (Å²) >= 11 is 5.92. The summed E-state index contributed by atoms with van der Waals surface area (Å²) in [6, 6.07) is 1.72. The number of nitrogen functional groups attached to an aromatic ring is 1. The van der Waals surface area contributed by atoms with E-state index in [1.165, 1.54) is 25.7 Å². The van der Waals surface area contributed by atoms with E-state index < -0.39 is 0 Å². The van der Waals surface area contributed by atoms with E-state index in [0.717, 1.165) is 32.0 Å². The number of aromatic nitrogens is 2. The summed E-state index contributed by atoms with van der Waals surface area (Å²) in [6.07, 6.45) is 5.70. The van der Waals surface area contributed by atoms with Crippen LogP contribution in [0.3, 0.4) is 0 Å². The first-order chi connectivity index (χ1) is 10.6. The van der Waals surface area contributed by atoms with E-state index in [1.54, 1.807) is 6.07 Å². The van der Waals surface area contributed by atoms with Crippen LogP contribution in [0.5, 0.6) is 0 Å². The maximum absolute atomic E-state index is 12.3. The highest BCUT2D eigenvalue weighted by Crippen LogP contribution is 2.28. The van der Waals surface area contributed by atoms with Crippen molar-refractivity contribution in [2.24, 2.45) is 5.92 Å². The van der Waals surface area contributed by atoms with Crippen molar-refractivity contribution in [2.45, 2.75) is 32.1 Å². The van der Waals surface area contributed by atoms with E-state index >= 15 is 0 Å². The molecule has 1 aromatic rings. The maximum atomic E-state index is 12.3. The third kappa shape index (κ3) is 3.61. The average Bonchev–Trinajstić information content (AvgIpc) is 2.99. The molecule has 7 heteroatoms. The lowest BCUT2D eigenvalue weighted by molar-refractivity contribution is -0.132. The third-order valence-corrected chi connectivity index (χ3v) is 4.79.